The van der Waals surface area contributed by atoms with Crippen molar-refractivity contribution in [2.45, 2.75) is 19.9 Å². The van der Waals surface area contributed by atoms with E-state index in [9.17, 15) is 9.59 Å². The third-order valence-electron chi connectivity index (χ3n) is 3.41. The number of nitrogens with zero attached hydrogens (tertiary/aromatic N) is 2. The van der Waals surface area contributed by atoms with Crippen LogP contribution in [0.5, 0.6) is 0 Å². The second-order valence-corrected chi connectivity index (χ2v) is 5.70. The quantitative estimate of drug-likeness (QED) is 0.738. The van der Waals surface area contributed by atoms with Crippen LogP contribution in [0.25, 0.3) is 11.4 Å². The fourth-order valence-corrected chi connectivity index (χ4v) is 1.92. The summed E-state index contributed by atoms with van der Waals surface area (Å²) in [6, 6.07) is 8.89. The number of hydrogen-bond donors (Lipinski definition) is 3. The van der Waals surface area contributed by atoms with Crippen LogP contribution in [0.4, 0.5) is 5.69 Å². The number of benzene rings is 1. The molecule has 1 atom stereocenters. The Morgan fingerprint density at radius 3 is 2.33 bits per heavy atom. The molecule has 0 saturated heterocycles. The van der Waals surface area contributed by atoms with Gasteiger partial charge in [0.15, 0.2) is 5.82 Å². The van der Waals surface area contributed by atoms with Gasteiger partial charge in [0.2, 0.25) is 11.8 Å². The van der Waals surface area contributed by atoms with Gasteiger partial charge < -0.3 is 16.4 Å². The summed E-state index contributed by atoms with van der Waals surface area (Å²) in [7, 11) is 0. The first-order valence-electron chi connectivity index (χ1n) is 7.68. The van der Waals surface area contributed by atoms with Crippen molar-refractivity contribution in [1.29, 1.82) is 0 Å². The molecule has 2 rings (SSSR count). The van der Waals surface area contributed by atoms with Crippen LogP contribution in [0.3, 0.4) is 0 Å². The number of carbonyl (C=O) groups excluding carboxylic acids is 2. The summed E-state index contributed by atoms with van der Waals surface area (Å²) in [5, 5.41) is 5.13. The molecule has 0 aliphatic heterocycles. The lowest BCUT2D eigenvalue weighted by molar-refractivity contribution is -0.125. The van der Waals surface area contributed by atoms with Gasteiger partial charge >= 0.3 is 0 Å². The Morgan fingerprint density at radius 1 is 1.12 bits per heavy atom. The van der Waals surface area contributed by atoms with E-state index < -0.39 is 6.04 Å². The Labute approximate surface area is 140 Å². The normalized spacial score (nSPS) is 11.8. The van der Waals surface area contributed by atoms with Gasteiger partial charge in [0.25, 0.3) is 0 Å². The van der Waals surface area contributed by atoms with Crippen molar-refractivity contribution in [1.82, 2.24) is 15.3 Å². The molecule has 0 radical (unpaired) electrons. The van der Waals surface area contributed by atoms with Crippen LogP contribution in [0.2, 0.25) is 0 Å². The number of nitrogens with two attached hydrogens (primary N) is 1. The van der Waals surface area contributed by atoms with Gasteiger partial charge in [-0.05, 0) is 5.92 Å². The highest BCUT2D eigenvalue weighted by molar-refractivity contribution is 5.95. The maximum atomic E-state index is 11.8. The van der Waals surface area contributed by atoms with Crippen molar-refractivity contribution >= 4 is 17.5 Å². The molecule has 0 aliphatic rings. The molecule has 126 valence electrons. The molecule has 2 aromatic rings. The van der Waals surface area contributed by atoms with Gasteiger partial charge in [0.1, 0.15) is 0 Å². The number of aromatic nitrogens is 2. The lowest BCUT2D eigenvalue weighted by atomic mass is 10.1. The second kappa shape index (κ2) is 8.16. The van der Waals surface area contributed by atoms with Gasteiger partial charge in [0, 0.05) is 5.56 Å². The van der Waals surface area contributed by atoms with E-state index in [1.54, 1.807) is 0 Å². The van der Waals surface area contributed by atoms with Crippen LogP contribution in [0.1, 0.15) is 13.8 Å². The summed E-state index contributed by atoms with van der Waals surface area (Å²) in [6.07, 6.45) is 3.05. The molecule has 2 amide bonds. The van der Waals surface area contributed by atoms with Crippen molar-refractivity contribution in [3.05, 3.63) is 42.7 Å². The standard InChI is InChI=1S/C17H21N5O2/c1-11(2)15(18)17(24)21-10-14(23)22-13-8-19-16(20-9-13)12-6-4-3-5-7-12/h3-9,11,15H,10,18H2,1-2H3,(H,21,24)(H,22,23)/t15-/m0/s1. The molecule has 7 heteroatoms. The van der Waals surface area contributed by atoms with E-state index in [0.29, 0.717) is 11.5 Å². The molecular formula is C17H21N5O2. The Hall–Kier alpha value is -2.80. The summed E-state index contributed by atoms with van der Waals surface area (Å²) >= 11 is 0. The van der Waals surface area contributed by atoms with E-state index in [1.807, 2.05) is 44.2 Å². The molecule has 0 fully saturated rings. The predicted molar refractivity (Wildman–Crippen MR) is 91.9 cm³/mol. The fourth-order valence-electron chi connectivity index (χ4n) is 1.92. The van der Waals surface area contributed by atoms with Gasteiger partial charge in [-0.15, -0.1) is 0 Å². The summed E-state index contributed by atoms with van der Waals surface area (Å²) in [5.41, 5.74) is 7.06. The van der Waals surface area contributed by atoms with E-state index in [0.717, 1.165) is 5.56 Å². The average molecular weight is 327 g/mol. The fraction of sp³-hybridized carbons (Fsp3) is 0.294. The Bertz CT molecular complexity index is 686. The van der Waals surface area contributed by atoms with Crippen LogP contribution >= 0.6 is 0 Å². The van der Waals surface area contributed by atoms with Gasteiger partial charge in [-0.2, -0.15) is 0 Å². The molecule has 7 nitrogen and oxygen atoms in total. The third kappa shape index (κ3) is 4.85. The molecule has 0 spiro atoms. The number of anilines is 1. The minimum atomic E-state index is -0.633. The number of nitrogens with one attached hydrogen (secondary N) is 2. The molecule has 4 N–H and O–H groups in total. The molecule has 0 saturated carbocycles. The highest BCUT2D eigenvalue weighted by Crippen LogP contribution is 2.14. The minimum absolute atomic E-state index is 0.00647. The van der Waals surface area contributed by atoms with Crippen molar-refractivity contribution in [2.24, 2.45) is 11.7 Å². The van der Waals surface area contributed by atoms with Crippen LogP contribution in [0, 0.1) is 5.92 Å². The molecule has 1 aromatic carbocycles. The van der Waals surface area contributed by atoms with Gasteiger partial charge in [-0.3, -0.25) is 9.59 Å². The van der Waals surface area contributed by atoms with E-state index in [2.05, 4.69) is 20.6 Å². The van der Waals surface area contributed by atoms with Crippen molar-refractivity contribution in [2.75, 3.05) is 11.9 Å². The Balaban J connectivity index is 1.87. The van der Waals surface area contributed by atoms with Gasteiger partial charge in [-0.1, -0.05) is 44.2 Å². The largest absolute Gasteiger partial charge is 0.346 e. The Kier molecular flexibility index (Phi) is 5.97. The predicted octanol–water partition coefficient (Wildman–Crippen LogP) is 1.18. The first-order chi connectivity index (χ1) is 11.5. The summed E-state index contributed by atoms with van der Waals surface area (Å²) in [6.45, 7) is 3.53. The van der Waals surface area contributed by atoms with E-state index in [-0.39, 0.29) is 24.3 Å². The highest BCUT2D eigenvalue weighted by atomic mass is 16.2. The molecule has 0 unspecified atom stereocenters. The first kappa shape index (κ1) is 17.6. The molecule has 1 aromatic heterocycles. The van der Waals surface area contributed by atoms with Crippen molar-refractivity contribution < 1.29 is 9.59 Å². The lowest BCUT2D eigenvalue weighted by Gasteiger charge is -2.15. The maximum absolute atomic E-state index is 11.8. The first-order valence-corrected chi connectivity index (χ1v) is 7.68. The average Bonchev–Trinajstić information content (AvgIpc) is 2.60. The second-order valence-electron chi connectivity index (χ2n) is 5.70. The topological polar surface area (TPSA) is 110 Å². The number of amides is 2. The summed E-state index contributed by atoms with van der Waals surface area (Å²) in [5.74, 6) is -0.136. The number of rotatable bonds is 6. The molecule has 24 heavy (non-hydrogen) atoms. The van der Waals surface area contributed by atoms with E-state index >= 15 is 0 Å². The van der Waals surface area contributed by atoms with Crippen LogP contribution in [0.15, 0.2) is 42.7 Å². The smallest absolute Gasteiger partial charge is 0.243 e. The zero-order valence-corrected chi connectivity index (χ0v) is 13.7. The van der Waals surface area contributed by atoms with Crippen molar-refractivity contribution in [3.63, 3.8) is 0 Å². The number of carbonyl (C=O) groups is 2. The molecule has 0 bridgehead atoms. The zero-order valence-electron chi connectivity index (χ0n) is 13.7. The SMILES string of the molecule is CC(C)[C@H](N)C(=O)NCC(=O)Nc1cnc(-c2ccccc2)nc1. The monoisotopic (exact) mass is 327 g/mol. The summed E-state index contributed by atoms with van der Waals surface area (Å²) < 4.78 is 0. The zero-order chi connectivity index (χ0) is 17.5. The molecular weight excluding hydrogens is 306 g/mol. The van der Waals surface area contributed by atoms with Crippen molar-refractivity contribution in [3.8, 4) is 11.4 Å². The van der Waals surface area contributed by atoms with E-state index in [4.69, 9.17) is 5.73 Å². The molecule has 0 aliphatic carbocycles. The van der Waals surface area contributed by atoms with Crippen LogP contribution < -0.4 is 16.4 Å². The Morgan fingerprint density at radius 2 is 1.75 bits per heavy atom. The minimum Gasteiger partial charge on any atom is -0.346 e. The van der Waals surface area contributed by atoms with Crippen LogP contribution in [-0.2, 0) is 9.59 Å². The van der Waals surface area contributed by atoms with Crippen LogP contribution in [-0.4, -0.2) is 34.4 Å². The lowest BCUT2D eigenvalue weighted by Crippen LogP contribution is -2.46. The third-order valence-corrected chi connectivity index (χ3v) is 3.41. The van der Waals surface area contributed by atoms with Gasteiger partial charge in [-0.25, -0.2) is 9.97 Å². The maximum Gasteiger partial charge on any atom is 0.243 e. The van der Waals surface area contributed by atoms with Gasteiger partial charge in [0.05, 0.1) is 30.7 Å². The number of hydrogen-bond acceptors (Lipinski definition) is 5. The van der Waals surface area contributed by atoms with E-state index in [1.165, 1.54) is 12.4 Å². The highest BCUT2D eigenvalue weighted by Gasteiger charge is 2.17. The summed E-state index contributed by atoms with van der Waals surface area (Å²) in [4.78, 5) is 32.0. The molecule has 1 heterocycles.